The third-order valence-electron chi connectivity index (χ3n) is 13.4. The molecule has 4 aromatic rings. The van der Waals surface area contributed by atoms with Gasteiger partial charge >= 0.3 is 11.9 Å². The number of benzene rings is 3. The SMILES string of the molecule is CCOc1cccc(C[C@@H](NC(=O)CCCOc2ccc3c(c2)C2(CCC(Nc4cccc(Cl)c4)(C(=O)O)CC2)[C@@H](C[C@@H](C)COc2ccnc4c2[C@H](C)CCC4)C3)C(=O)O)c1. The number of hydrogen-bond donors (Lipinski definition) is 4. The van der Waals surface area contributed by atoms with Gasteiger partial charge in [-0.1, -0.05) is 49.7 Å². The third-order valence-corrected chi connectivity index (χ3v) is 13.6. The fraction of sp³-hybridized carbons (Fsp3) is 0.480. The van der Waals surface area contributed by atoms with Crippen LogP contribution in [0.2, 0.25) is 5.02 Å². The first-order valence-electron chi connectivity index (χ1n) is 22.3. The second kappa shape index (κ2) is 19.8. The molecule has 1 fully saturated rings. The van der Waals surface area contributed by atoms with Crippen LogP contribution in [0.1, 0.15) is 112 Å². The van der Waals surface area contributed by atoms with E-state index in [-0.39, 0.29) is 42.6 Å². The molecule has 0 aliphatic heterocycles. The summed E-state index contributed by atoms with van der Waals surface area (Å²) in [5, 5.41) is 27.2. The lowest BCUT2D eigenvalue weighted by Gasteiger charge is -2.47. The number of amides is 1. The summed E-state index contributed by atoms with van der Waals surface area (Å²) < 4.78 is 18.4. The molecule has 3 aromatic carbocycles. The summed E-state index contributed by atoms with van der Waals surface area (Å²) in [6.45, 7) is 7.75. The molecule has 1 spiro atoms. The maximum atomic E-state index is 13.1. The van der Waals surface area contributed by atoms with Crippen molar-refractivity contribution in [1.82, 2.24) is 10.3 Å². The first-order valence-corrected chi connectivity index (χ1v) is 22.6. The van der Waals surface area contributed by atoms with Crippen LogP contribution >= 0.6 is 11.6 Å². The van der Waals surface area contributed by atoms with Gasteiger partial charge in [-0.25, -0.2) is 9.59 Å². The standard InChI is InChI=1S/C50H60ClN3O8/c1-4-60-39-13-6-10-34(26-39)27-43(47(56)57)53-45(55)15-8-24-61-40-17-16-35-28-36(25-32(2)31-62-44-18-23-52-42-14-5-9-33(3)46(42)44)49(41(35)30-40)19-21-50(22-20-49,48(58)59)54-38-12-7-11-37(51)29-38/h6-7,10-13,16-18,23,26,29-30,32-33,36,43,54H,4-5,8-9,14-15,19-22,24-25,27-28,31H2,1-3H3,(H,53,55)(H,56,57)(H,58,59)/t32-,33-,36+,43-,49?,50?/m1/s1. The van der Waals surface area contributed by atoms with Crippen LogP contribution in [0.25, 0.3) is 0 Å². The zero-order valence-corrected chi connectivity index (χ0v) is 36.8. The lowest BCUT2D eigenvalue weighted by Crippen LogP contribution is -2.53. The van der Waals surface area contributed by atoms with E-state index in [4.69, 9.17) is 25.8 Å². The summed E-state index contributed by atoms with van der Waals surface area (Å²) in [6, 6.07) is 21.7. The molecule has 0 radical (unpaired) electrons. The second-order valence-electron chi connectivity index (χ2n) is 17.7. The Kier molecular flexibility index (Phi) is 14.3. The fourth-order valence-electron chi connectivity index (χ4n) is 10.2. The summed E-state index contributed by atoms with van der Waals surface area (Å²) in [7, 11) is 0. The predicted octanol–water partition coefficient (Wildman–Crippen LogP) is 9.57. The van der Waals surface area contributed by atoms with Crippen molar-refractivity contribution in [2.24, 2.45) is 11.8 Å². The molecule has 0 bridgehead atoms. The number of anilines is 1. The minimum atomic E-state index is -1.14. The summed E-state index contributed by atoms with van der Waals surface area (Å²) >= 11 is 6.31. The molecule has 11 nitrogen and oxygen atoms in total. The minimum Gasteiger partial charge on any atom is -0.494 e. The lowest BCUT2D eigenvalue weighted by molar-refractivity contribution is -0.144. The van der Waals surface area contributed by atoms with Crippen molar-refractivity contribution >= 4 is 35.1 Å². The molecule has 12 heteroatoms. The number of rotatable bonds is 19. The number of carbonyl (C=O) groups excluding carboxylic acids is 1. The average Bonchev–Trinajstić information content (AvgIpc) is 3.53. The van der Waals surface area contributed by atoms with Gasteiger partial charge in [0.1, 0.15) is 28.8 Å². The minimum absolute atomic E-state index is 0.109. The molecule has 3 aliphatic rings. The first-order chi connectivity index (χ1) is 29.9. The zero-order chi connectivity index (χ0) is 43.9. The number of hydrogen-bond acceptors (Lipinski definition) is 8. The Morgan fingerprint density at radius 1 is 0.952 bits per heavy atom. The Balaban J connectivity index is 1.03. The summed E-state index contributed by atoms with van der Waals surface area (Å²) in [5.41, 5.74) is 4.90. The number of carboxylic acids is 2. The van der Waals surface area contributed by atoms with Crippen LogP contribution in [-0.4, -0.2) is 64.4 Å². The van der Waals surface area contributed by atoms with E-state index in [1.165, 1.54) is 16.7 Å². The number of aromatic nitrogens is 1. The molecule has 1 heterocycles. The molecule has 3 aliphatic carbocycles. The van der Waals surface area contributed by atoms with E-state index in [0.717, 1.165) is 49.1 Å². The quantitative estimate of drug-likeness (QED) is 0.0670. The van der Waals surface area contributed by atoms with Crippen molar-refractivity contribution in [1.29, 1.82) is 0 Å². The fourth-order valence-corrected chi connectivity index (χ4v) is 10.4. The van der Waals surface area contributed by atoms with Crippen molar-refractivity contribution < 1.29 is 38.8 Å². The van der Waals surface area contributed by atoms with E-state index in [9.17, 15) is 24.6 Å². The maximum absolute atomic E-state index is 13.1. The van der Waals surface area contributed by atoms with Crippen LogP contribution in [0.5, 0.6) is 17.2 Å². The van der Waals surface area contributed by atoms with Gasteiger partial charge in [0, 0.05) is 41.0 Å². The Morgan fingerprint density at radius 3 is 2.50 bits per heavy atom. The van der Waals surface area contributed by atoms with Crippen LogP contribution in [0.3, 0.4) is 0 Å². The number of carboxylic acid groups (broad SMARTS) is 2. The number of ether oxygens (including phenoxy) is 3. The Labute approximate surface area is 369 Å². The number of fused-ring (bicyclic) bond motifs is 3. The maximum Gasteiger partial charge on any atom is 0.329 e. The number of nitrogens with one attached hydrogen (secondary N) is 2. The highest BCUT2D eigenvalue weighted by molar-refractivity contribution is 6.30. The lowest BCUT2D eigenvalue weighted by atomic mass is 9.59. The van der Waals surface area contributed by atoms with Crippen LogP contribution in [0.15, 0.2) is 79.0 Å². The summed E-state index contributed by atoms with van der Waals surface area (Å²) in [6.07, 6.45) is 9.80. The van der Waals surface area contributed by atoms with Gasteiger partial charge in [-0.15, -0.1) is 0 Å². The van der Waals surface area contributed by atoms with Crippen molar-refractivity contribution in [2.45, 2.75) is 121 Å². The Hall–Kier alpha value is -5.29. The molecule has 0 saturated heterocycles. The largest absolute Gasteiger partial charge is 0.494 e. The topological polar surface area (TPSA) is 156 Å². The van der Waals surface area contributed by atoms with Crippen LogP contribution < -0.4 is 24.8 Å². The number of carbonyl (C=O) groups is 3. The summed E-state index contributed by atoms with van der Waals surface area (Å²) in [4.78, 5) is 42.7. The molecular formula is C50H60ClN3O8. The van der Waals surface area contributed by atoms with Crippen molar-refractivity contribution in [3.05, 3.63) is 112 Å². The Morgan fingerprint density at radius 2 is 1.74 bits per heavy atom. The van der Waals surface area contributed by atoms with Gasteiger partial charge in [0.05, 0.1) is 19.8 Å². The van der Waals surface area contributed by atoms with Crippen molar-refractivity contribution in [3.8, 4) is 17.2 Å². The normalized spacial score (nSPS) is 22.5. The average molecular weight is 866 g/mol. The Bertz CT molecular complexity index is 2220. The van der Waals surface area contributed by atoms with Gasteiger partial charge in [0.2, 0.25) is 5.91 Å². The molecule has 62 heavy (non-hydrogen) atoms. The molecule has 0 unspecified atom stereocenters. The molecule has 1 aromatic heterocycles. The van der Waals surface area contributed by atoms with Gasteiger partial charge in [-0.2, -0.15) is 0 Å². The predicted molar refractivity (Wildman–Crippen MR) is 240 cm³/mol. The van der Waals surface area contributed by atoms with E-state index in [1.54, 1.807) is 18.2 Å². The number of halogens is 1. The first kappa shape index (κ1) is 44.8. The highest BCUT2D eigenvalue weighted by atomic mass is 35.5. The number of aryl methyl sites for hydroxylation is 1. The number of aliphatic carboxylic acids is 2. The van der Waals surface area contributed by atoms with E-state index >= 15 is 0 Å². The van der Waals surface area contributed by atoms with E-state index < -0.39 is 23.5 Å². The highest BCUT2D eigenvalue weighted by Gasteiger charge is 2.54. The summed E-state index contributed by atoms with van der Waals surface area (Å²) in [5.74, 6) is 0.891. The van der Waals surface area contributed by atoms with Crippen LogP contribution in [-0.2, 0) is 39.1 Å². The molecule has 4 atom stereocenters. The van der Waals surface area contributed by atoms with Gasteiger partial charge in [0.25, 0.3) is 0 Å². The molecule has 7 rings (SSSR count). The van der Waals surface area contributed by atoms with E-state index in [2.05, 4.69) is 41.6 Å². The molecule has 1 amide bonds. The smallest absolute Gasteiger partial charge is 0.329 e. The van der Waals surface area contributed by atoms with Crippen LogP contribution in [0.4, 0.5) is 5.69 Å². The van der Waals surface area contributed by atoms with Gasteiger partial charge < -0.3 is 35.1 Å². The highest BCUT2D eigenvalue weighted by Crippen LogP contribution is 2.57. The monoisotopic (exact) mass is 865 g/mol. The van der Waals surface area contributed by atoms with Crippen molar-refractivity contribution in [3.63, 3.8) is 0 Å². The van der Waals surface area contributed by atoms with Gasteiger partial charge in [-0.3, -0.25) is 9.78 Å². The number of nitrogens with zero attached hydrogens (tertiary/aromatic N) is 1. The van der Waals surface area contributed by atoms with E-state index in [1.807, 2.05) is 55.6 Å². The van der Waals surface area contributed by atoms with E-state index in [0.29, 0.717) is 73.4 Å². The zero-order valence-electron chi connectivity index (χ0n) is 36.1. The van der Waals surface area contributed by atoms with Gasteiger partial charge in [-0.05, 0) is 160 Å². The number of pyridine rings is 1. The second-order valence-corrected chi connectivity index (χ2v) is 18.1. The van der Waals surface area contributed by atoms with Crippen molar-refractivity contribution in [2.75, 3.05) is 25.1 Å². The molecule has 330 valence electrons. The molecule has 1 saturated carbocycles. The molecule has 4 N–H and O–H groups in total. The van der Waals surface area contributed by atoms with Gasteiger partial charge in [0.15, 0.2) is 0 Å². The molecular weight excluding hydrogens is 806 g/mol. The third kappa shape index (κ3) is 10.3. The van der Waals surface area contributed by atoms with Crippen LogP contribution in [0, 0.1) is 11.8 Å².